The van der Waals surface area contributed by atoms with E-state index in [1.807, 2.05) is 51.1 Å². The monoisotopic (exact) mass is 372 g/mol. The minimum atomic E-state index is -0.452. The first-order chi connectivity index (χ1) is 12.9. The van der Waals surface area contributed by atoms with E-state index in [1.165, 1.54) is 0 Å². The minimum Gasteiger partial charge on any atom is -0.492 e. The number of nitrogens with one attached hydrogen (secondary N) is 1. The van der Waals surface area contributed by atoms with Gasteiger partial charge in [0, 0.05) is 44.5 Å². The van der Waals surface area contributed by atoms with Crippen LogP contribution in [0.25, 0.3) is 11.3 Å². The van der Waals surface area contributed by atoms with Crippen LogP contribution in [0.2, 0.25) is 0 Å². The lowest BCUT2D eigenvalue weighted by Crippen LogP contribution is -2.50. The van der Waals surface area contributed by atoms with Gasteiger partial charge in [-0.1, -0.05) is 12.1 Å². The van der Waals surface area contributed by atoms with Crippen LogP contribution in [0, 0.1) is 0 Å². The number of amides is 1. The van der Waals surface area contributed by atoms with E-state index in [-0.39, 0.29) is 6.09 Å². The maximum absolute atomic E-state index is 12.1. The number of hydrogen-bond acceptors (Lipinski definition) is 5. The van der Waals surface area contributed by atoms with E-state index in [4.69, 9.17) is 9.47 Å². The number of aromatic amines is 1. The average Bonchev–Trinajstić information content (AvgIpc) is 3.16. The molecule has 2 aromatic rings. The van der Waals surface area contributed by atoms with Crippen molar-refractivity contribution in [3.05, 3.63) is 36.5 Å². The van der Waals surface area contributed by atoms with E-state index >= 15 is 0 Å². The van der Waals surface area contributed by atoms with Crippen LogP contribution in [0.5, 0.6) is 5.75 Å². The van der Waals surface area contributed by atoms with Crippen molar-refractivity contribution in [1.29, 1.82) is 0 Å². The Morgan fingerprint density at radius 2 is 1.96 bits per heavy atom. The van der Waals surface area contributed by atoms with Crippen molar-refractivity contribution in [3.8, 4) is 17.0 Å². The molecule has 0 spiro atoms. The van der Waals surface area contributed by atoms with Gasteiger partial charge in [-0.25, -0.2) is 4.79 Å². The SMILES string of the molecule is CC(C)(C)OC(=O)N1CCN(CCOc2cccc(-c3ccn[nH]3)c2)CC1. The number of nitrogens with zero attached hydrogens (tertiary/aromatic N) is 3. The van der Waals surface area contributed by atoms with Crippen LogP contribution in [0.4, 0.5) is 4.79 Å². The summed E-state index contributed by atoms with van der Waals surface area (Å²) in [5.41, 5.74) is 1.57. The number of aromatic nitrogens is 2. The molecule has 1 saturated heterocycles. The van der Waals surface area contributed by atoms with Crippen molar-refractivity contribution in [2.45, 2.75) is 26.4 Å². The lowest BCUT2D eigenvalue weighted by atomic mass is 10.1. The standard InChI is InChI=1S/C20H28N4O3/c1-20(2,3)27-19(25)24-11-9-23(10-12-24)13-14-26-17-6-4-5-16(15-17)18-7-8-21-22-18/h4-8,15H,9-14H2,1-3H3,(H,21,22). The highest BCUT2D eigenvalue weighted by molar-refractivity contribution is 5.68. The van der Waals surface area contributed by atoms with Gasteiger partial charge in [0.1, 0.15) is 18.0 Å². The molecule has 0 unspecified atom stereocenters. The second kappa shape index (κ2) is 8.43. The second-order valence-electron chi connectivity index (χ2n) is 7.66. The van der Waals surface area contributed by atoms with Gasteiger partial charge < -0.3 is 14.4 Å². The van der Waals surface area contributed by atoms with E-state index in [2.05, 4.69) is 15.1 Å². The van der Waals surface area contributed by atoms with Crippen LogP contribution >= 0.6 is 0 Å². The highest BCUT2D eigenvalue weighted by atomic mass is 16.6. The summed E-state index contributed by atoms with van der Waals surface area (Å²) in [6, 6.07) is 9.90. The number of carbonyl (C=O) groups excluding carboxylic acids is 1. The number of H-pyrrole nitrogens is 1. The molecule has 0 bridgehead atoms. The molecule has 0 aliphatic carbocycles. The fourth-order valence-corrected chi connectivity index (χ4v) is 2.94. The number of piperazine rings is 1. The maximum Gasteiger partial charge on any atom is 0.410 e. The minimum absolute atomic E-state index is 0.228. The summed E-state index contributed by atoms with van der Waals surface area (Å²) in [6.07, 6.45) is 1.51. The molecule has 7 nitrogen and oxygen atoms in total. The average molecular weight is 372 g/mol. The van der Waals surface area contributed by atoms with Gasteiger partial charge >= 0.3 is 6.09 Å². The molecule has 3 rings (SSSR count). The van der Waals surface area contributed by atoms with Crippen LogP contribution in [-0.4, -0.2) is 71.0 Å². The molecule has 1 aromatic carbocycles. The topological polar surface area (TPSA) is 70.7 Å². The lowest BCUT2D eigenvalue weighted by Gasteiger charge is -2.35. The molecule has 0 radical (unpaired) electrons. The van der Waals surface area contributed by atoms with Gasteiger partial charge in [-0.05, 0) is 39.0 Å². The Bertz CT molecular complexity index is 732. The number of hydrogen-bond donors (Lipinski definition) is 1. The van der Waals surface area contributed by atoms with Crippen molar-refractivity contribution < 1.29 is 14.3 Å². The largest absolute Gasteiger partial charge is 0.492 e. The summed E-state index contributed by atoms with van der Waals surface area (Å²) >= 11 is 0. The Kier molecular flexibility index (Phi) is 6.01. The summed E-state index contributed by atoms with van der Waals surface area (Å²) in [4.78, 5) is 16.2. The molecule has 1 aromatic heterocycles. The predicted octanol–water partition coefficient (Wildman–Crippen LogP) is 3.01. The van der Waals surface area contributed by atoms with Crippen molar-refractivity contribution in [3.63, 3.8) is 0 Å². The number of carbonyl (C=O) groups is 1. The smallest absolute Gasteiger partial charge is 0.410 e. The Balaban J connectivity index is 1.41. The van der Waals surface area contributed by atoms with Gasteiger partial charge in [0.15, 0.2) is 0 Å². The Morgan fingerprint density at radius 1 is 1.19 bits per heavy atom. The van der Waals surface area contributed by atoms with E-state index < -0.39 is 5.60 Å². The zero-order chi connectivity index (χ0) is 19.3. The molecule has 7 heteroatoms. The van der Waals surface area contributed by atoms with Crippen LogP contribution < -0.4 is 4.74 Å². The molecular weight excluding hydrogens is 344 g/mol. The van der Waals surface area contributed by atoms with Crippen molar-refractivity contribution >= 4 is 6.09 Å². The lowest BCUT2D eigenvalue weighted by molar-refractivity contribution is 0.0137. The first-order valence-electron chi connectivity index (χ1n) is 9.34. The van der Waals surface area contributed by atoms with Gasteiger partial charge in [-0.3, -0.25) is 10.00 Å². The van der Waals surface area contributed by atoms with Crippen molar-refractivity contribution in [1.82, 2.24) is 20.0 Å². The summed E-state index contributed by atoms with van der Waals surface area (Å²) in [5.74, 6) is 0.842. The predicted molar refractivity (Wildman–Crippen MR) is 104 cm³/mol. The van der Waals surface area contributed by atoms with Gasteiger partial charge in [-0.15, -0.1) is 0 Å². The summed E-state index contributed by atoms with van der Waals surface area (Å²) in [5, 5.41) is 6.94. The number of rotatable bonds is 5. The van der Waals surface area contributed by atoms with Crippen LogP contribution in [-0.2, 0) is 4.74 Å². The Morgan fingerprint density at radius 3 is 2.63 bits per heavy atom. The first kappa shape index (κ1) is 19.2. The molecule has 1 amide bonds. The molecule has 0 atom stereocenters. The summed E-state index contributed by atoms with van der Waals surface area (Å²) in [6.45, 7) is 10.1. The Hall–Kier alpha value is -2.54. The molecule has 1 aliphatic rings. The molecule has 2 heterocycles. The van der Waals surface area contributed by atoms with Gasteiger partial charge in [0.25, 0.3) is 0 Å². The third kappa shape index (κ3) is 5.72. The maximum atomic E-state index is 12.1. The van der Waals surface area contributed by atoms with E-state index in [9.17, 15) is 4.79 Å². The highest BCUT2D eigenvalue weighted by Gasteiger charge is 2.25. The van der Waals surface area contributed by atoms with Gasteiger partial charge in [-0.2, -0.15) is 5.10 Å². The zero-order valence-electron chi connectivity index (χ0n) is 16.3. The first-order valence-corrected chi connectivity index (χ1v) is 9.34. The molecule has 27 heavy (non-hydrogen) atoms. The fraction of sp³-hybridized carbons (Fsp3) is 0.500. The van der Waals surface area contributed by atoms with Crippen molar-refractivity contribution in [2.75, 3.05) is 39.3 Å². The zero-order valence-corrected chi connectivity index (χ0v) is 16.3. The molecule has 1 aliphatic heterocycles. The third-order valence-electron chi connectivity index (χ3n) is 4.35. The summed E-state index contributed by atoms with van der Waals surface area (Å²) < 4.78 is 11.3. The molecule has 146 valence electrons. The number of ether oxygens (including phenoxy) is 2. The van der Waals surface area contributed by atoms with Gasteiger partial charge in [0.2, 0.25) is 0 Å². The van der Waals surface area contributed by atoms with Crippen molar-refractivity contribution in [2.24, 2.45) is 0 Å². The van der Waals surface area contributed by atoms with E-state index in [0.717, 1.165) is 36.6 Å². The van der Waals surface area contributed by atoms with Crippen LogP contribution in [0.15, 0.2) is 36.5 Å². The Labute approximate surface area is 160 Å². The van der Waals surface area contributed by atoms with E-state index in [1.54, 1.807) is 11.1 Å². The second-order valence-corrected chi connectivity index (χ2v) is 7.66. The summed E-state index contributed by atoms with van der Waals surface area (Å²) in [7, 11) is 0. The fourth-order valence-electron chi connectivity index (χ4n) is 2.94. The van der Waals surface area contributed by atoms with Crippen LogP contribution in [0.1, 0.15) is 20.8 Å². The van der Waals surface area contributed by atoms with Crippen LogP contribution in [0.3, 0.4) is 0 Å². The quantitative estimate of drug-likeness (QED) is 0.874. The number of benzene rings is 1. The van der Waals surface area contributed by atoms with Gasteiger partial charge in [0.05, 0.1) is 5.69 Å². The normalized spacial score (nSPS) is 15.6. The molecule has 1 fully saturated rings. The molecule has 1 N–H and O–H groups in total. The molecule has 0 saturated carbocycles. The highest BCUT2D eigenvalue weighted by Crippen LogP contribution is 2.21. The van der Waals surface area contributed by atoms with E-state index in [0.29, 0.717) is 19.7 Å². The molecular formula is C20H28N4O3. The third-order valence-corrected chi connectivity index (χ3v) is 4.35.